The summed E-state index contributed by atoms with van der Waals surface area (Å²) in [6, 6.07) is 0. The predicted octanol–water partition coefficient (Wildman–Crippen LogP) is 0.788. The monoisotopic (exact) mass is 195 g/mol. The lowest BCUT2D eigenvalue weighted by atomic mass is 10.4. The van der Waals surface area contributed by atoms with Crippen molar-refractivity contribution < 1.29 is 9.53 Å². The summed E-state index contributed by atoms with van der Waals surface area (Å²) in [7, 11) is 0. The van der Waals surface area contributed by atoms with Crippen LogP contribution in [0.2, 0.25) is 0 Å². The molecule has 2 rings (SSSR count). The van der Waals surface area contributed by atoms with Crippen molar-refractivity contribution in [1.29, 1.82) is 0 Å². The van der Waals surface area contributed by atoms with Crippen LogP contribution in [0.15, 0.2) is 0 Å². The van der Waals surface area contributed by atoms with E-state index in [9.17, 15) is 4.79 Å². The van der Waals surface area contributed by atoms with Gasteiger partial charge in [-0.25, -0.2) is 4.98 Å². The second-order valence-corrected chi connectivity index (χ2v) is 3.40. The number of ether oxygens (including phenoxy) is 1. The van der Waals surface area contributed by atoms with Gasteiger partial charge in [0.25, 0.3) is 0 Å². The Morgan fingerprint density at radius 2 is 2.43 bits per heavy atom. The number of H-pyrrole nitrogens is 1. The molecule has 76 valence electrons. The van der Waals surface area contributed by atoms with E-state index in [4.69, 9.17) is 4.74 Å². The summed E-state index contributed by atoms with van der Waals surface area (Å²) in [6.07, 6.45) is 2.51. The van der Waals surface area contributed by atoms with Crippen LogP contribution in [-0.2, 0) is 16.0 Å². The highest BCUT2D eigenvalue weighted by molar-refractivity contribution is 5.71. The van der Waals surface area contributed by atoms with E-state index in [2.05, 4.69) is 15.2 Å². The lowest BCUT2D eigenvalue weighted by Gasteiger charge is -1.97. The van der Waals surface area contributed by atoms with Crippen molar-refractivity contribution >= 4 is 5.97 Å². The number of rotatable bonds is 4. The SMILES string of the molecule is CCOC(=O)Cc1nc(C2CC2)n[nH]1. The van der Waals surface area contributed by atoms with Crippen molar-refractivity contribution in [2.75, 3.05) is 6.61 Å². The molecule has 5 heteroatoms. The molecular weight excluding hydrogens is 182 g/mol. The molecule has 0 saturated heterocycles. The third-order valence-corrected chi connectivity index (χ3v) is 2.11. The number of hydrogen-bond acceptors (Lipinski definition) is 4. The highest BCUT2D eigenvalue weighted by atomic mass is 16.5. The Kier molecular flexibility index (Phi) is 2.47. The number of esters is 1. The standard InChI is InChI=1S/C9H13N3O2/c1-2-14-8(13)5-7-10-9(12-11-7)6-3-4-6/h6H,2-5H2,1H3,(H,10,11,12). The normalized spacial score (nSPS) is 15.5. The smallest absolute Gasteiger partial charge is 0.313 e. The number of carbonyl (C=O) groups excluding carboxylic acids is 1. The first-order valence-electron chi connectivity index (χ1n) is 4.86. The van der Waals surface area contributed by atoms with E-state index >= 15 is 0 Å². The minimum atomic E-state index is -0.258. The lowest BCUT2D eigenvalue weighted by molar-refractivity contribution is -0.142. The highest BCUT2D eigenvalue weighted by Crippen LogP contribution is 2.37. The Hall–Kier alpha value is -1.39. The topological polar surface area (TPSA) is 67.9 Å². The van der Waals surface area contributed by atoms with Gasteiger partial charge in [-0.1, -0.05) is 0 Å². The zero-order valence-electron chi connectivity index (χ0n) is 8.12. The van der Waals surface area contributed by atoms with Gasteiger partial charge in [0.05, 0.1) is 6.61 Å². The fraction of sp³-hybridized carbons (Fsp3) is 0.667. The Morgan fingerprint density at radius 1 is 1.64 bits per heavy atom. The Balaban J connectivity index is 1.92. The van der Waals surface area contributed by atoms with Crippen LogP contribution in [0.25, 0.3) is 0 Å². The molecule has 0 radical (unpaired) electrons. The first-order chi connectivity index (χ1) is 6.79. The molecule has 1 heterocycles. The Morgan fingerprint density at radius 3 is 3.07 bits per heavy atom. The van der Waals surface area contributed by atoms with Crippen molar-refractivity contribution in [3.8, 4) is 0 Å². The Bertz CT molecular complexity index is 331. The zero-order chi connectivity index (χ0) is 9.97. The molecular formula is C9H13N3O2. The van der Waals surface area contributed by atoms with Crippen molar-refractivity contribution in [3.05, 3.63) is 11.6 Å². The maximum atomic E-state index is 11.1. The van der Waals surface area contributed by atoms with E-state index in [1.165, 1.54) is 0 Å². The van der Waals surface area contributed by atoms with Crippen molar-refractivity contribution in [1.82, 2.24) is 15.2 Å². The van der Waals surface area contributed by atoms with E-state index < -0.39 is 0 Å². The largest absolute Gasteiger partial charge is 0.466 e. The van der Waals surface area contributed by atoms with Gasteiger partial charge in [-0.05, 0) is 19.8 Å². The molecule has 0 spiro atoms. The van der Waals surface area contributed by atoms with Crippen LogP contribution in [-0.4, -0.2) is 27.8 Å². The van der Waals surface area contributed by atoms with Gasteiger partial charge in [-0.2, -0.15) is 5.10 Å². The second kappa shape index (κ2) is 3.77. The maximum absolute atomic E-state index is 11.1. The highest BCUT2D eigenvalue weighted by Gasteiger charge is 2.27. The molecule has 1 aliphatic rings. The molecule has 0 amide bonds. The summed E-state index contributed by atoms with van der Waals surface area (Å²) in [5.74, 6) is 1.70. The first-order valence-corrected chi connectivity index (χ1v) is 4.86. The predicted molar refractivity (Wildman–Crippen MR) is 48.7 cm³/mol. The van der Waals surface area contributed by atoms with E-state index in [1.807, 2.05) is 0 Å². The second-order valence-electron chi connectivity index (χ2n) is 3.40. The van der Waals surface area contributed by atoms with Crippen LogP contribution in [0.4, 0.5) is 0 Å². The number of carbonyl (C=O) groups is 1. The summed E-state index contributed by atoms with van der Waals surface area (Å²) >= 11 is 0. The molecule has 0 atom stereocenters. The van der Waals surface area contributed by atoms with E-state index in [1.54, 1.807) is 6.92 Å². The molecule has 0 bridgehead atoms. The van der Waals surface area contributed by atoms with Crippen LogP contribution in [0, 0.1) is 0 Å². The van der Waals surface area contributed by atoms with Crippen LogP contribution in [0.3, 0.4) is 0 Å². The number of aromatic nitrogens is 3. The van der Waals surface area contributed by atoms with Gasteiger partial charge < -0.3 is 4.74 Å². The van der Waals surface area contributed by atoms with Crippen molar-refractivity contribution in [2.45, 2.75) is 32.1 Å². The van der Waals surface area contributed by atoms with E-state index in [-0.39, 0.29) is 12.4 Å². The molecule has 0 aromatic carbocycles. The summed E-state index contributed by atoms with van der Waals surface area (Å²) in [4.78, 5) is 15.3. The van der Waals surface area contributed by atoms with Crippen LogP contribution in [0.1, 0.15) is 37.3 Å². The molecule has 1 N–H and O–H groups in total. The Labute approximate surface area is 81.9 Å². The molecule has 0 aliphatic heterocycles. The molecule has 1 aliphatic carbocycles. The van der Waals surface area contributed by atoms with Gasteiger partial charge in [0.15, 0.2) is 5.82 Å². The molecule has 1 aromatic heterocycles. The summed E-state index contributed by atoms with van der Waals surface area (Å²) < 4.78 is 4.80. The number of aromatic amines is 1. The quantitative estimate of drug-likeness (QED) is 0.721. The third-order valence-electron chi connectivity index (χ3n) is 2.11. The third kappa shape index (κ3) is 2.10. The van der Waals surface area contributed by atoms with Gasteiger partial charge in [-0.3, -0.25) is 9.89 Å². The van der Waals surface area contributed by atoms with Crippen molar-refractivity contribution in [3.63, 3.8) is 0 Å². The average Bonchev–Trinajstić information content (AvgIpc) is 2.89. The fourth-order valence-corrected chi connectivity index (χ4v) is 1.26. The minimum absolute atomic E-state index is 0.188. The molecule has 1 saturated carbocycles. The maximum Gasteiger partial charge on any atom is 0.313 e. The lowest BCUT2D eigenvalue weighted by Crippen LogP contribution is -2.08. The van der Waals surface area contributed by atoms with E-state index in [0.717, 1.165) is 18.7 Å². The van der Waals surface area contributed by atoms with E-state index in [0.29, 0.717) is 18.3 Å². The summed E-state index contributed by atoms with van der Waals surface area (Å²) in [5.41, 5.74) is 0. The van der Waals surface area contributed by atoms with Crippen molar-refractivity contribution in [2.24, 2.45) is 0 Å². The van der Waals surface area contributed by atoms with Gasteiger partial charge in [0.1, 0.15) is 12.2 Å². The fourth-order valence-electron chi connectivity index (χ4n) is 1.26. The van der Waals surface area contributed by atoms with Gasteiger partial charge in [0.2, 0.25) is 0 Å². The molecule has 14 heavy (non-hydrogen) atoms. The number of nitrogens with zero attached hydrogens (tertiary/aromatic N) is 2. The molecule has 5 nitrogen and oxygen atoms in total. The number of hydrogen-bond donors (Lipinski definition) is 1. The molecule has 0 unspecified atom stereocenters. The first kappa shape index (κ1) is 9.18. The van der Waals surface area contributed by atoms with Gasteiger partial charge in [-0.15, -0.1) is 0 Å². The zero-order valence-corrected chi connectivity index (χ0v) is 8.12. The van der Waals surface area contributed by atoms with Crippen LogP contribution in [0.5, 0.6) is 0 Å². The van der Waals surface area contributed by atoms with Crippen LogP contribution < -0.4 is 0 Å². The van der Waals surface area contributed by atoms with Gasteiger partial charge in [0, 0.05) is 5.92 Å². The summed E-state index contributed by atoms with van der Waals surface area (Å²) in [6.45, 7) is 2.19. The van der Waals surface area contributed by atoms with Gasteiger partial charge >= 0.3 is 5.97 Å². The summed E-state index contributed by atoms with van der Waals surface area (Å²) in [5, 5.41) is 6.80. The molecule has 1 fully saturated rings. The number of nitrogens with one attached hydrogen (secondary N) is 1. The molecule has 1 aromatic rings. The average molecular weight is 195 g/mol. The minimum Gasteiger partial charge on any atom is -0.466 e. The van der Waals surface area contributed by atoms with Crippen LogP contribution >= 0.6 is 0 Å².